The van der Waals surface area contributed by atoms with Crippen LogP contribution >= 0.6 is 12.2 Å². The molecule has 0 saturated carbocycles. The summed E-state index contributed by atoms with van der Waals surface area (Å²) in [6.07, 6.45) is 0. The molecule has 0 radical (unpaired) electrons. The zero-order chi connectivity index (χ0) is 18.7. The molecule has 0 spiro atoms. The molecule has 1 N–H and O–H groups in total. The van der Waals surface area contributed by atoms with Gasteiger partial charge in [0.05, 0.1) is 25.8 Å². The molecule has 2 aromatic carbocycles. The largest absolute Gasteiger partial charge is 0.497 e. The number of benzene rings is 2. The van der Waals surface area contributed by atoms with Crippen molar-refractivity contribution < 1.29 is 14.3 Å². The fourth-order valence-corrected chi connectivity index (χ4v) is 3.42. The van der Waals surface area contributed by atoms with Crippen molar-refractivity contribution in [3.05, 3.63) is 71.4 Å². The Labute approximate surface area is 158 Å². The molecule has 0 saturated heterocycles. The summed E-state index contributed by atoms with van der Waals surface area (Å²) in [5, 5.41) is 3.80. The second-order valence-corrected chi connectivity index (χ2v) is 6.20. The predicted octanol–water partition coefficient (Wildman–Crippen LogP) is 3.58. The molecule has 0 aliphatic carbocycles. The summed E-state index contributed by atoms with van der Waals surface area (Å²) >= 11 is 5.60. The molecule has 2 aromatic rings. The summed E-state index contributed by atoms with van der Waals surface area (Å²) < 4.78 is 10.2. The van der Waals surface area contributed by atoms with Gasteiger partial charge >= 0.3 is 5.97 Å². The second kappa shape index (κ2) is 7.58. The lowest BCUT2D eigenvalue weighted by molar-refractivity contribution is -0.136. The van der Waals surface area contributed by atoms with Crippen molar-refractivity contribution in [1.29, 1.82) is 0 Å². The first-order valence-electron chi connectivity index (χ1n) is 8.15. The van der Waals surface area contributed by atoms with Crippen molar-refractivity contribution in [2.75, 3.05) is 19.1 Å². The summed E-state index contributed by atoms with van der Waals surface area (Å²) in [7, 11) is 3.00. The minimum absolute atomic E-state index is 0.356. The molecule has 0 amide bonds. The van der Waals surface area contributed by atoms with Crippen LogP contribution in [0.3, 0.4) is 0 Å². The fraction of sp³-hybridized carbons (Fsp3) is 0.200. The van der Waals surface area contributed by atoms with Crippen LogP contribution in [0.5, 0.6) is 5.75 Å². The van der Waals surface area contributed by atoms with Crippen molar-refractivity contribution in [2.45, 2.75) is 13.0 Å². The zero-order valence-electron chi connectivity index (χ0n) is 14.9. The Balaban J connectivity index is 2.09. The van der Waals surface area contributed by atoms with Crippen LogP contribution < -0.4 is 15.0 Å². The van der Waals surface area contributed by atoms with Gasteiger partial charge in [-0.05, 0) is 49.0 Å². The van der Waals surface area contributed by atoms with E-state index < -0.39 is 0 Å². The van der Waals surface area contributed by atoms with Gasteiger partial charge in [-0.25, -0.2) is 4.79 Å². The smallest absolute Gasteiger partial charge is 0.337 e. The highest BCUT2D eigenvalue weighted by Crippen LogP contribution is 2.34. The third kappa shape index (κ3) is 3.28. The number of carbonyl (C=O) groups is 1. The SMILES string of the molecule is COC(=O)C1=C(C)N(c2ccc(OC)cc2)C(=S)N[C@H]1c1ccccc1. The van der Waals surface area contributed by atoms with Crippen LogP contribution in [0, 0.1) is 0 Å². The highest BCUT2D eigenvalue weighted by Gasteiger charge is 2.35. The van der Waals surface area contributed by atoms with E-state index in [1.165, 1.54) is 7.11 Å². The standard InChI is InChI=1S/C20H20N2O3S/c1-13-17(19(23)25-3)18(14-7-5-4-6-8-14)21-20(26)22(13)15-9-11-16(24-2)12-10-15/h4-12,18H,1-3H3,(H,21,26)/t18-/m0/s1. The van der Waals surface area contributed by atoms with E-state index in [0.29, 0.717) is 10.7 Å². The van der Waals surface area contributed by atoms with E-state index in [4.69, 9.17) is 21.7 Å². The molecular formula is C20H20N2O3S. The van der Waals surface area contributed by atoms with Gasteiger partial charge in [0.1, 0.15) is 5.75 Å². The summed E-state index contributed by atoms with van der Waals surface area (Å²) in [5.74, 6) is 0.367. The minimum atomic E-state index is -0.384. The summed E-state index contributed by atoms with van der Waals surface area (Å²) in [6.45, 7) is 1.87. The van der Waals surface area contributed by atoms with Gasteiger partial charge in [0.2, 0.25) is 0 Å². The first-order valence-corrected chi connectivity index (χ1v) is 8.56. The average molecular weight is 368 g/mol. The molecule has 0 bridgehead atoms. The van der Waals surface area contributed by atoms with Gasteiger partial charge in [-0.3, -0.25) is 4.90 Å². The number of methoxy groups -OCH3 is 2. The Bertz CT molecular complexity index is 847. The normalized spacial score (nSPS) is 17.0. The number of hydrogen-bond donors (Lipinski definition) is 1. The van der Waals surface area contributed by atoms with Crippen molar-refractivity contribution >= 4 is 29.0 Å². The maximum atomic E-state index is 12.5. The first kappa shape index (κ1) is 17.9. The molecule has 5 nitrogen and oxygen atoms in total. The Morgan fingerprint density at radius 3 is 2.31 bits per heavy atom. The lowest BCUT2D eigenvalue weighted by Crippen LogP contribution is -2.48. The van der Waals surface area contributed by atoms with Crippen molar-refractivity contribution in [3.63, 3.8) is 0 Å². The second-order valence-electron chi connectivity index (χ2n) is 5.82. The number of carbonyl (C=O) groups excluding carboxylic acids is 1. The fourth-order valence-electron chi connectivity index (χ4n) is 3.06. The summed E-state index contributed by atoms with van der Waals surface area (Å²) in [5.41, 5.74) is 3.06. The topological polar surface area (TPSA) is 50.8 Å². The molecule has 1 atom stereocenters. The third-order valence-electron chi connectivity index (χ3n) is 4.35. The van der Waals surface area contributed by atoms with Crippen molar-refractivity contribution in [2.24, 2.45) is 0 Å². The van der Waals surface area contributed by atoms with E-state index in [2.05, 4.69) is 5.32 Å². The Kier molecular flexibility index (Phi) is 5.23. The van der Waals surface area contributed by atoms with Gasteiger partial charge < -0.3 is 14.8 Å². The van der Waals surface area contributed by atoms with E-state index in [1.54, 1.807) is 7.11 Å². The van der Waals surface area contributed by atoms with E-state index in [1.807, 2.05) is 66.4 Å². The van der Waals surface area contributed by atoms with E-state index in [-0.39, 0.29) is 12.0 Å². The molecule has 1 aliphatic rings. The van der Waals surface area contributed by atoms with Crippen LogP contribution in [-0.4, -0.2) is 25.3 Å². The van der Waals surface area contributed by atoms with E-state index in [0.717, 1.165) is 22.7 Å². The van der Waals surface area contributed by atoms with Gasteiger partial charge in [-0.15, -0.1) is 0 Å². The molecule has 0 fully saturated rings. The molecule has 1 aliphatic heterocycles. The average Bonchev–Trinajstić information content (AvgIpc) is 2.68. The number of ether oxygens (including phenoxy) is 2. The van der Waals surface area contributed by atoms with Crippen LogP contribution in [0.4, 0.5) is 5.69 Å². The van der Waals surface area contributed by atoms with Crippen LogP contribution in [0.15, 0.2) is 65.9 Å². The van der Waals surface area contributed by atoms with Crippen molar-refractivity contribution in [1.82, 2.24) is 5.32 Å². The number of rotatable bonds is 4. The van der Waals surface area contributed by atoms with E-state index >= 15 is 0 Å². The zero-order valence-corrected chi connectivity index (χ0v) is 15.7. The molecule has 3 rings (SSSR count). The van der Waals surface area contributed by atoms with Crippen molar-refractivity contribution in [3.8, 4) is 5.75 Å². The molecule has 6 heteroatoms. The lowest BCUT2D eigenvalue weighted by Gasteiger charge is -2.37. The number of thiocarbonyl (C=S) groups is 1. The van der Waals surface area contributed by atoms with Crippen LogP contribution in [0.1, 0.15) is 18.5 Å². The quantitative estimate of drug-likeness (QED) is 0.658. The molecule has 134 valence electrons. The Morgan fingerprint density at radius 1 is 1.08 bits per heavy atom. The monoisotopic (exact) mass is 368 g/mol. The minimum Gasteiger partial charge on any atom is -0.497 e. The van der Waals surface area contributed by atoms with Gasteiger partial charge in [-0.2, -0.15) is 0 Å². The molecule has 0 unspecified atom stereocenters. The Hall–Kier alpha value is -2.86. The van der Waals surface area contributed by atoms with Gasteiger partial charge in [0.25, 0.3) is 0 Å². The van der Waals surface area contributed by atoms with Crippen LogP contribution in [0.2, 0.25) is 0 Å². The van der Waals surface area contributed by atoms with Gasteiger partial charge in [-0.1, -0.05) is 30.3 Å². The molecule has 26 heavy (non-hydrogen) atoms. The lowest BCUT2D eigenvalue weighted by atomic mass is 9.95. The van der Waals surface area contributed by atoms with Crippen LogP contribution in [0.25, 0.3) is 0 Å². The molecule has 0 aromatic heterocycles. The Morgan fingerprint density at radius 2 is 1.73 bits per heavy atom. The number of allylic oxidation sites excluding steroid dienone is 1. The van der Waals surface area contributed by atoms with E-state index in [9.17, 15) is 4.79 Å². The molecule has 1 heterocycles. The number of hydrogen-bond acceptors (Lipinski definition) is 4. The number of esters is 1. The third-order valence-corrected chi connectivity index (χ3v) is 4.65. The predicted molar refractivity (Wildman–Crippen MR) is 105 cm³/mol. The first-order chi connectivity index (χ1) is 12.6. The number of nitrogens with zero attached hydrogens (tertiary/aromatic N) is 1. The molecular weight excluding hydrogens is 348 g/mol. The van der Waals surface area contributed by atoms with Gasteiger partial charge in [0.15, 0.2) is 5.11 Å². The maximum absolute atomic E-state index is 12.5. The highest BCUT2D eigenvalue weighted by molar-refractivity contribution is 7.80. The van der Waals surface area contributed by atoms with Crippen LogP contribution in [-0.2, 0) is 9.53 Å². The number of anilines is 1. The summed E-state index contributed by atoms with van der Waals surface area (Å²) in [6, 6.07) is 16.9. The number of nitrogens with one attached hydrogen (secondary N) is 1. The maximum Gasteiger partial charge on any atom is 0.337 e. The van der Waals surface area contributed by atoms with Gasteiger partial charge in [0, 0.05) is 11.4 Å². The summed E-state index contributed by atoms with van der Waals surface area (Å²) in [4.78, 5) is 14.4. The highest BCUT2D eigenvalue weighted by atomic mass is 32.1.